The van der Waals surface area contributed by atoms with Crippen molar-refractivity contribution >= 4 is 17.3 Å². The molecule has 0 saturated carbocycles. The molecule has 0 radical (unpaired) electrons. The van der Waals surface area contributed by atoms with Crippen LogP contribution in [-0.2, 0) is 0 Å². The van der Waals surface area contributed by atoms with Crippen LogP contribution in [0.25, 0.3) is 5.65 Å². The number of hydrogen-bond acceptors (Lipinski definition) is 4. The van der Waals surface area contributed by atoms with Crippen molar-refractivity contribution in [2.24, 2.45) is 5.92 Å². The highest BCUT2D eigenvalue weighted by Gasteiger charge is 2.12. The van der Waals surface area contributed by atoms with Crippen molar-refractivity contribution in [3.05, 3.63) is 18.6 Å². The van der Waals surface area contributed by atoms with E-state index in [1.54, 1.807) is 0 Å². The average molecular weight is 261 g/mol. The third-order valence-electron chi connectivity index (χ3n) is 3.12. The van der Waals surface area contributed by atoms with Gasteiger partial charge in [-0.25, -0.2) is 9.97 Å². The standard InChI is InChI=1S/C14H23N5/c1-5-15-12-10-19-9-7-16-13(19)14(17-12)18(4)8-6-11(2)3/h7,9-11,15H,5-6,8H2,1-4H3. The molecule has 0 atom stereocenters. The first-order valence-electron chi connectivity index (χ1n) is 6.90. The molecule has 104 valence electrons. The van der Waals surface area contributed by atoms with Crippen LogP contribution in [0.15, 0.2) is 18.6 Å². The molecule has 0 amide bonds. The Morgan fingerprint density at radius 2 is 2.21 bits per heavy atom. The van der Waals surface area contributed by atoms with Crippen molar-refractivity contribution in [3.8, 4) is 0 Å². The summed E-state index contributed by atoms with van der Waals surface area (Å²) in [5.74, 6) is 2.51. The van der Waals surface area contributed by atoms with Crippen LogP contribution >= 0.6 is 0 Å². The summed E-state index contributed by atoms with van der Waals surface area (Å²) in [6.07, 6.45) is 6.90. The van der Waals surface area contributed by atoms with Crippen LogP contribution in [-0.4, -0.2) is 34.5 Å². The summed E-state index contributed by atoms with van der Waals surface area (Å²) < 4.78 is 2.02. The maximum atomic E-state index is 4.67. The summed E-state index contributed by atoms with van der Waals surface area (Å²) in [6, 6.07) is 0. The summed E-state index contributed by atoms with van der Waals surface area (Å²) >= 11 is 0. The molecule has 5 nitrogen and oxygen atoms in total. The Morgan fingerprint density at radius 3 is 2.89 bits per heavy atom. The maximum absolute atomic E-state index is 4.67. The molecule has 0 bridgehead atoms. The largest absolute Gasteiger partial charge is 0.369 e. The van der Waals surface area contributed by atoms with E-state index in [4.69, 9.17) is 0 Å². The van der Waals surface area contributed by atoms with Gasteiger partial charge in [-0.3, -0.25) is 0 Å². The van der Waals surface area contributed by atoms with E-state index in [-0.39, 0.29) is 0 Å². The van der Waals surface area contributed by atoms with E-state index in [1.807, 2.05) is 23.0 Å². The van der Waals surface area contributed by atoms with E-state index in [1.165, 1.54) is 0 Å². The summed E-state index contributed by atoms with van der Waals surface area (Å²) in [5, 5.41) is 3.26. The van der Waals surface area contributed by atoms with Crippen molar-refractivity contribution in [2.45, 2.75) is 27.2 Å². The molecule has 0 aliphatic carbocycles. The van der Waals surface area contributed by atoms with Crippen LogP contribution in [0.4, 0.5) is 11.6 Å². The van der Waals surface area contributed by atoms with Crippen molar-refractivity contribution in [1.29, 1.82) is 0 Å². The number of hydrogen-bond donors (Lipinski definition) is 1. The van der Waals surface area contributed by atoms with Gasteiger partial charge in [0.15, 0.2) is 11.5 Å². The Bertz CT molecular complexity index is 532. The number of imidazole rings is 1. The SMILES string of the molecule is CCNc1cn2ccnc2c(N(C)CCC(C)C)n1. The number of nitrogens with one attached hydrogen (secondary N) is 1. The van der Waals surface area contributed by atoms with Crippen LogP contribution in [0.2, 0.25) is 0 Å². The van der Waals surface area contributed by atoms with Gasteiger partial charge >= 0.3 is 0 Å². The van der Waals surface area contributed by atoms with Gasteiger partial charge in [0.05, 0.1) is 6.20 Å². The van der Waals surface area contributed by atoms with Crippen LogP contribution in [0.1, 0.15) is 27.2 Å². The summed E-state index contributed by atoms with van der Waals surface area (Å²) in [4.78, 5) is 11.3. The lowest BCUT2D eigenvalue weighted by molar-refractivity contribution is 0.584. The highest BCUT2D eigenvalue weighted by atomic mass is 15.2. The number of rotatable bonds is 6. The van der Waals surface area contributed by atoms with E-state index >= 15 is 0 Å². The molecule has 0 aromatic carbocycles. The van der Waals surface area contributed by atoms with Crippen molar-refractivity contribution in [1.82, 2.24) is 14.4 Å². The molecule has 0 unspecified atom stereocenters. The fourth-order valence-electron chi connectivity index (χ4n) is 2.00. The molecule has 0 aliphatic rings. The van der Waals surface area contributed by atoms with E-state index < -0.39 is 0 Å². The first-order chi connectivity index (χ1) is 9.11. The van der Waals surface area contributed by atoms with Crippen LogP contribution in [0, 0.1) is 5.92 Å². The molecule has 2 rings (SSSR count). The second-order valence-corrected chi connectivity index (χ2v) is 5.24. The number of aromatic nitrogens is 3. The monoisotopic (exact) mass is 261 g/mol. The van der Waals surface area contributed by atoms with Crippen molar-refractivity contribution in [2.75, 3.05) is 30.4 Å². The first kappa shape index (κ1) is 13.6. The minimum absolute atomic E-state index is 0.690. The van der Waals surface area contributed by atoms with Gasteiger partial charge in [0, 0.05) is 32.5 Å². The van der Waals surface area contributed by atoms with Crippen LogP contribution in [0.5, 0.6) is 0 Å². The van der Waals surface area contributed by atoms with Gasteiger partial charge in [0.1, 0.15) is 5.82 Å². The van der Waals surface area contributed by atoms with Gasteiger partial charge in [-0.2, -0.15) is 0 Å². The third kappa shape index (κ3) is 3.16. The highest BCUT2D eigenvalue weighted by Crippen LogP contribution is 2.20. The molecule has 0 fully saturated rings. The molecule has 0 spiro atoms. The topological polar surface area (TPSA) is 45.5 Å². The molecule has 0 saturated heterocycles. The van der Waals surface area contributed by atoms with Crippen molar-refractivity contribution in [3.63, 3.8) is 0 Å². The first-order valence-corrected chi connectivity index (χ1v) is 6.90. The Labute approximate surface area is 114 Å². The molecular formula is C14H23N5. The zero-order valence-corrected chi connectivity index (χ0v) is 12.2. The Morgan fingerprint density at radius 1 is 1.42 bits per heavy atom. The van der Waals surface area contributed by atoms with Gasteiger partial charge < -0.3 is 14.6 Å². The molecule has 19 heavy (non-hydrogen) atoms. The lowest BCUT2D eigenvalue weighted by Crippen LogP contribution is -2.22. The quantitative estimate of drug-likeness (QED) is 0.868. The number of fused-ring (bicyclic) bond motifs is 1. The predicted octanol–water partition coefficient (Wildman–Crippen LogP) is 2.64. The molecule has 5 heteroatoms. The van der Waals surface area contributed by atoms with Crippen molar-refractivity contribution < 1.29 is 0 Å². The summed E-state index contributed by atoms with van der Waals surface area (Å²) in [7, 11) is 2.08. The van der Waals surface area contributed by atoms with Gasteiger partial charge in [-0.05, 0) is 19.3 Å². The summed E-state index contributed by atoms with van der Waals surface area (Å²) in [6.45, 7) is 8.40. The van der Waals surface area contributed by atoms with E-state index in [0.29, 0.717) is 5.92 Å². The fraction of sp³-hybridized carbons (Fsp3) is 0.571. The third-order valence-corrected chi connectivity index (χ3v) is 3.12. The maximum Gasteiger partial charge on any atom is 0.180 e. The van der Waals surface area contributed by atoms with Crippen LogP contribution < -0.4 is 10.2 Å². The number of anilines is 2. The Kier molecular flexibility index (Phi) is 4.24. The molecule has 2 aromatic heterocycles. The second kappa shape index (κ2) is 5.91. The zero-order chi connectivity index (χ0) is 13.8. The van der Waals surface area contributed by atoms with Gasteiger partial charge in [0.2, 0.25) is 0 Å². The lowest BCUT2D eigenvalue weighted by Gasteiger charge is -2.20. The highest BCUT2D eigenvalue weighted by molar-refractivity contribution is 5.66. The minimum Gasteiger partial charge on any atom is -0.369 e. The minimum atomic E-state index is 0.690. The smallest absolute Gasteiger partial charge is 0.180 e. The van der Waals surface area contributed by atoms with E-state index in [9.17, 15) is 0 Å². The second-order valence-electron chi connectivity index (χ2n) is 5.24. The fourth-order valence-corrected chi connectivity index (χ4v) is 2.00. The molecular weight excluding hydrogens is 238 g/mol. The molecule has 1 N–H and O–H groups in total. The molecule has 2 aromatic rings. The average Bonchev–Trinajstić information content (AvgIpc) is 2.83. The lowest BCUT2D eigenvalue weighted by atomic mass is 10.1. The predicted molar refractivity (Wildman–Crippen MR) is 79.9 cm³/mol. The normalized spacial score (nSPS) is 11.2. The molecule has 0 aliphatic heterocycles. The number of nitrogens with zero attached hydrogens (tertiary/aromatic N) is 4. The van der Waals surface area contributed by atoms with E-state index in [0.717, 1.165) is 36.8 Å². The van der Waals surface area contributed by atoms with Crippen LogP contribution in [0.3, 0.4) is 0 Å². The van der Waals surface area contributed by atoms with Gasteiger partial charge in [-0.1, -0.05) is 13.8 Å². The van der Waals surface area contributed by atoms with E-state index in [2.05, 4.69) is 48.0 Å². The Hall–Kier alpha value is -1.78. The van der Waals surface area contributed by atoms with Gasteiger partial charge in [-0.15, -0.1) is 0 Å². The zero-order valence-electron chi connectivity index (χ0n) is 12.2. The Balaban J connectivity index is 2.31. The molecule has 2 heterocycles. The summed E-state index contributed by atoms with van der Waals surface area (Å²) in [5.41, 5.74) is 0.910. The van der Waals surface area contributed by atoms with Gasteiger partial charge in [0.25, 0.3) is 0 Å².